The molecule has 0 saturated carbocycles. The molecule has 3 rings (SSSR count). The van der Waals surface area contributed by atoms with E-state index in [1.165, 1.54) is 10.7 Å². The van der Waals surface area contributed by atoms with Crippen molar-refractivity contribution < 1.29 is 8.42 Å². The van der Waals surface area contributed by atoms with Gasteiger partial charge < -0.3 is 5.32 Å². The average Bonchev–Trinajstić information content (AvgIpc) is 2.75. The molecule has 1 heterocycles. The summed E-state index contributed by atoms with van der Waals surface area (Å²) in [7, 11) is -2.04. The molecule has 162 valence electrons. The maximum atomic E-state index is 13.5. The van der Waals surface area contributed by atoms with E-state index in [9.17, 15) is 8.42 Å². The van der Waals surface area contributed by atoms with Crippen LogP contribution in [0.3, 0.4) is 0 Å². The third kappa shape index (κ3) is 4.96. The maximum Gasteiger partial charge on any atom is 0.264 e. The van der Waals surface area contributed by atoms with Crippen molar-refractivity contribution in [3.63, 3.8) is 0 Å². The molecule has 0 bridgehead atoms. The predicted octanol–water partition coefficient (Wildman–Crippen LogP) is 5.43. The first kappa shape index (κ1) is 23.0. The molecule has 1 atom stereocenters. The van der Waals surface area contributed by atoms with Crippen molar-refractivity contribution in [2.75, 3.05) is 17.9 Å². The Balaban J connectivity index is 2.02. The van der Waals surface area contributed by atoms with Gasteiger partial charge in [0.1, 0.15) is 0 Å². The van der Waals surface area contributed by atoms with Crippen LogP contribution in [0.4, 0.5) is 5.69 Å². The number of rotatable bonds is 8. The number of fused-ring (bicyclic) bond motifs is 2. The molecule has 2 aromatic rings. The molecule has 0 radical (unpaired) electrons. The quantitative estimate of drug-likeness (QED) is 0.436. The van der Waals surface area contributed by atoms with Crippen LogP contribution in [0.2, 0.25) is 0 Å². The lowest BCUT2D eigenvalue weighted by molar-refractivity contribution is 0.505. The highest BCUT2D eigenvalue weighted by Gasteiger charge is 2.35. The highest BCUT2D eigenvalue weighted by Crippen LogP contribution is 2.40. The first-order valence-corrected chi connectivity index (χ1v) is 13.0. The highest BCUT2D eigenvalue weighted by atomic mass is 32.2. The third-order valence-electron chi connectivity index (χ3n) is 5.30. The Morgan fingerprint density at radius 1 is 1.17 bits per heavy atom. The minimum absolute atomic E-state index is 0.232. The number of hydrogen-bond donors (Lipinski definition) is 1. The van der Waals surface area contributed by atoms with Crippen LogP contribution in [0.25, 0.3) is 0 Å². The second-order valence-electron chi connectivity index (χ2n) is 8.52. The Kier molecular flexibility index (Phi) is 7.38. The Morgan fingerprint density at radius 2 is 1.93 bits per heavy atom. The molecule has 0 amide bonds. The fraction of sp³-hybridized carbons (Fsp3) is 0.500. The minimum atomic E-state index is -3.66. The Morgan fingerprint density at radius 3 is 2.63 bits per heavy atom. The fourth-order valence-electron chi connectivity index (χ4n) is 3.78. The van der Waals surface area contributed by atoms with Gasteiger partial charge in [0, 0.05) is 22.8 Å². The van der Waals surface area contributed by atoms with Crippen molar-refractivity contribution >= 4 is 27.5 Å². The zero-order chi connectivity index (χ0) is 21.9. The Hall–Kier alpha value is -1.68. The minimum Gasteiger partial charge on any atom is -0.306 e. The summed E-state index contributed by atoms with van der Waals surface area (Å²) >= 11 is 1.67. The smallest absolute Gasteiger partial charge is 0.264 e. The summed E-state index contributed by atoms with van der Waals surface area (Å²) < 4.78 is 28.4. The first-order chi connectivity index (χ1) is 14.2. The molecule has 0 saturated heterocycles. The molecule has 6 heteroatoms. The van der Waals surface area contributed by atoms with Gasteiger partial charge in [0.05, 0.1) is 16.6 Å². The zero-order valence-electron chi connectivity index (χ0n) is 18.5. The molecule has 4 nitrogen and oxygen atoms in total. The molecule has 2 aromatic carbocycles. The molecule has 1 aliphatic heterocycles. The maximum absolute atomic E-state index is 13.5. The van der Waals surface area contributed by atoms with Crippen molar-refractivity contribution in [3.05, 3.63) is 53.6 Å². The molecule has 1 N–H and O–H groups in total. The lowest BCUT2D eigenvalue weighted by atomic mass is 9.97. The molecule has 0 aromatic heterocycles. The van der Waals surface area contributed by atoms with Crippen molar-refractivity contribution in [2.24, 2.45) is 5.92 Å². The molecule has 1 aliphatic rings. The summed E-state index contributed by atoms with van der Waals surface area (Å²) in [6.45, 7) is 9.52. The van der Waals surface area contributed by atoms with Gasteiger partial charge in [-0.1, -0.05) is 58.7 Å². The fourth-order valence-corrected chi connectivity index (χ4v) is 6.20. The number of unbranched alkanes of at least 4 members (excludes halogenated alkanes) is 1. The van der Waals surface area contributed by atoms with E-state index < -0.39 is 10.0 Å². The Labute approximate surface area is 186 Å². The van der Waals surface area contributed by atoms with E-state index in [4.69, 9.17) is 0 Å². The molecule has 0 spiro atoms. The van der Waals surface area contributed by atoms with Crippen LogP contribution in [0.1, 0.15) is 64.1 Å². The van der Waals surface area contributed by atoms with Crippen LogP contribution in [-0.2, 0) is 10.0 Å². The number of benzene rings is 1. The van der Waals surface area contributed by atoms with Gasteiger partial charge in [-0.05, 0) is 48.7 Å². The summed E-state index contributed by atoms with van der Waals surface area (Å²) in [6.07, 6.45) is 3.41. The van der Waals surface area contributed by atoms with Crippen LogP contribution < -0.4 is 9.62 Å². The normalized spacial score (nSPS) is 17.4. The first-order valence-electron chi connectivity index (χ1n) is 10.7. The van der Waals surface area contributed by atoms with Gasteiger partial charge in [-0.3, -0.25) is 4.31 Å². The third-order valence-corrected chi connectivity index (χ3v) is 8.12. The van der Waals surface area contributed by atoms with E-state index in [2.05, 4.69) is 45.1 Å². The van der Waals surface area contributed by atoms with Crippen LogP contribution in [0, 0.1) is 18.1 Å². The second-order valence-corrected chi connectivity index (χ2v) is 12.1. The van der Waals surface area contributed by atoms with E-state index in [1.54, 1.807) is 24.9 Å². The molecule has 0 aliphatic carbocycles. The lowest BCUT2D eigenvalue weighted by Crippen LogP contribution is -2.26. The summed E-state index contributed by atoms with van der Waals surface area (Å²) in [5.74, 6) is 0.697. The van der Waals surface area contributed by atoms with Gasteiger partial charge in [0.25, 0.3) is 10.0 Å². The summed E-state index contributed by atoms with van der Waals surface area (Å²) in [5.41, 5.74) is 2.27. The molecule has 30 heavy (non-hydrogen) atoms. The number of nitrogens with zero attached hydrogens (tertiary/aromatic N) is 1. The lowest BCUT2D eigenvalue weighted by Gasteiger charge is -2.20. The largest absolute Gasteiger partial charge is 0.306 e. The summed E-state index contributed by atoms with van der Waals surface area (Å²) in [4.78, 5) is 1.35. The molecular weight excluding hydrogens is 412 g/mol. The van der Waals surface area contributed by atoms with Crippen molar-refractivity contribution in [3.8, 4) is 0 Å². The van der Waals surface area contributed by atoms with Crippen molar-refractivity contribution in [2.45, 2.75) is 68.0 Å². The van der Waals surface area contributed by atoms with Crippen molar-refractivity contribution in [1.29, 1.82) is 0 Å². The van der Waals surface area contributed by atoms with Crippen LogP contribution >= 0.6 is 11.8 Å². The van der Waals surface area contributed by atoms with Crippen LogP contribution in [-0.4, -0.2) is 27.3 Å². The van der Waals surface area contributed by atoms with E-state index >= 15 is 0 Å². The van der Waals surface area contributed by atoms with E-state index in [1.807, 2.05) is 24.3 Å². The van der Waals surface area contributed by atoms with E-state index in [0.717, 1.165) is 35.4 Å². The van der Waals surface area contributed by atoms with Gasteiger partial charge in [0.15, 0.2) is 0 Å². The number of nitrogens with one attached hydrogen (secondary N) is 1. The number of hydrogen-bond acceptors (Lipinski definition) is 4. The van der Waals surface area contributed by atoms with Gasteiger partial charge in [-0.2, -0.15) is 0 Å². The van der Waals surface area contributed by atoms with Crippen molar-refractivity contribution in [1.82, 2.24) is 5.32 Å². The topological polar surface area (TPSA) is 49.4 Å². The SMILES string of the molecule is CC(C)CCCCNC1c2c#cccc2N(C)S(=O)(=O)c2cc(SC(C)C)ccc21. The van der Waals surface area contributed by atoms with Gasteiger partial charge >= 0.3 is 0 Å². The summed E-state index contributed by atoms with van der Waals surface area (Å²) in [5, 5.41) is 4.00. The predicted molar refractivity (Wildman–Crippen MR) is 126 cm³/mol. The van der Waals surface area contributed by atoms with E-state index in [-0.39, 0.29) is 6.04 Å². The highest BCUT2D eigenvalue weighted by molar-refractivity contribution is 8.00. The standard InChI is InChI=1S/C24H32N2O2S2/c1-17(2)10-8-9-15-25-24-20-11-6-7-12-22(20)26(5)30(27,28)23-16-19(29-18(3)4)13-14-21(23)24/h7,12-14,16-18,24-25H,8-10,15H2,1-5H3. The van der Waals surface area contributed by atoms with Crippen LogP contribution in [0.5, 0.6) is 0 Å². The number of thioether (sulfide) groups is 1. The van der Waals surface area contributed by atoms with E-state index in [0.29, 0.717) is 21.8 Å². The second kappa shape index (κ2) is 9.64. The van der Waals surface area contributed by atoms with Gasteiger partial charge in [-0.15, -0.1) is 11.8 Å². The van der Waals surface area contributed by atoms with Gasteiger partial charge in [-0.25, -0.2) is 8.42 Å². The number of anilines is 1. The zero-order valence-corrected chi connectivity index (χ0v) is 20.2. The average molecular weight is 445 g/mol. The monoisotopic (exact) mass is 444 g/mol. The molecule has 1 unspecified atom stereocenters. The molecular formula is C24H32N2O2S2. The summed E-state index contributed by atoms with van der Waals surface area (Å²) in [6, 6.07) is 15.3. The van der Waals surface area contributed by atoms with Crippen LogP contribution in [0.15, 0.2) is 40.1 Å². The Bertz CT molecular complexity index is 971. The van der Waals surface area contributed by atoms with Gasteiger partial charge in [0.2, 0.25) is 0 Å². The number of sulfonamides is 1. The molecule has 0 fully saturated rings.